The van der Waals surface area contributed by atoms with Crippen LogP contribution in [0.5, 0.6) is 0 Å². The number of hydrogen-bond donors (Lipinski definition) is 0. The van der Waals surface area contributed by atoms with Crippen molar-refractivity contribution < 1.29 is 19.1 Å². The quantitative estimate of drug-likeness (QED) is 0.697. The lowest BCUT2D eigenvalue weighted by molar-refractivity contribution is -0.146. The third-order valence-corrected chi connectivity index (χ3v) is 4.76. The van der Waals surface area contributed by atoms with Crippen LogP contribution in [0.25, 0.3) is 6.08 Å². The molecule has 2 rings (SSSR count). The van der Waals surface area contributed by atoms with E-state index in [1.54, 1.807) is 11.0 Å². The van der Waals surface area contributed by atoms with E-state index >= 15 is 0 Å². The molecule has 1 heterocycles. The summed E-state index contributed by atoms with van der Waals surface area (Å²) in [5, 5.41) is 0. The van der Waals surface area contributed by atoms with Crippen LogP contribution in [0.15, 0.2) is 30.8 Å². The normalized spacial score (nSPS) is 18.1. The summed E-state index contributed by atoms with van der Waals surface area (Å²) >= 11 is 0. The fraction of sp³-hybridized carbons (Fsp3) is 0.545. The third kappa shape index (κ3) is 6.42. The van der Waals surface area contributed by atoms with Crippen LogP contribution in [-0.4, -0.2) is 42.8 Å². The number of carbonyl (C=O) groups excluding carboxylic acids is 2. The van der Waals surface area contributed by atoms with Gasteiger partial charge in [-0.15, -0.1) is 0 Å². The molecule has 0 aromatic heterocycles. The molecule has 0 radical (unpaired) electrons. The van der Waals surface area contributed by atoms with E-state index in [0.717, 1.165) is 17.5 Å². The van der Waals surface area contributed by atoms with Gasteiger partial charge in [-0.2, -0.15) is 0 Å². The molecule has 0 bridgehead atoms. The van der Waals surface area contributed by atoms with Gasteiger partial charge in [0, 0.05) is 13.1 Å². The second-order valence-electron chi connectivity index (χ2n) is 8.19. The first-order valence-corrected chi connectivity index (χ1v) is 9.49. The number of methoxy groups -OCH3 is 1. The first-order chi connectivity index (χ1) is 12.7. The number of benzene rings is 1. The Bertz CT molecular complexity index is 677. The summed E-state index contributed by atoms with van der Waals surface area (Å²) in [6.45, 7) is 10.7. The zero-order chi connectivity index (χ0) is 20.0. The molecule has 5 heteroatoms. The Balaban J connectivity index is 1.99. The van der Waals surface area contributed by atoms with Crippen molar-refractivity contribution in [2.24, 2.45) is 11.8 Å². The number of esters is 1. The number of likely N-dealkylation sites (tertiary alicyclic amines) is 1. The summed E-state index contributed by atoms with van der Waals surface area (Å²) in [7, 11) is 1.43. The fourth-order valence-corrected chi connectivity index (χ4v) is 3.48. The third-order valence-electron chi connectivity index (χ3n) is 4.76. The van der Waals surface area contributed by atoms with E-state index in [1.807, 2.05) is 45.0 Å². The average molecular weight is 373 g/mol. The molecule has 1 aliphatic heterocycles. The van der Waals surface area contributed by atoms with Gasteiger partial charge in [-0.1, -0.05) is 36.9 Å². The molecule has 1 aromatic rings. The van der Waals surface area contributed by atoms with Crippen LogP contribution in [0.2, 0.25) is 0 Å². The molecular weight excluding hydrogens is 342 g/mol. The zero-order valence-electron chi connectivity index (χ0n) is 16.9. The van der Waals surface area contributed by atoms with E-state index in [2.05, 4.69) is 6.58 Å². The van der Waals surface area contributed by atoms with Gasteiger partial charge in [0.15, 0.2) is 0 Å². The van der Waals surface area contributed by atoms with Gasteiger partial charge in [-0.3, -0.25) is 4.79 Å². The van der Waals surface area contributed by atoms with Crippen LogP contribution in [0.4, 0.5) is 4.79 Å². The maximum atomic E-state index is 12.3. The van der Waals surface area contributed by atoms with Gasteiger partial charge in [0.25, 0.3) is 0 Å². The van der Waals surface area contributed by atoms with Crippen molar-refractivity contribution in [3.63, 3.8) is 0 Å². The van der Waals surface area contributed by atoms with Gasteiger partial charge in [0.2, 0.25) is 0 Å². The Hall–Kier alpha value is -2.30. The molecular formula is C22H31NO4. The number of amides is 1. The van der Waals surface area contributed by atoms with Crippen molar-refractivity contribution in [1.82, 2.24) is 4.90 Å². The van der Waals surface area contributed by atoms with Crippen LogP contribution < -0.4 is 0 Å². The molecule has 1 fully saturated rings. The van der Waals surface area contributed by atoms with Crippen LogP contribution >= 0.6 is 0 Å². The minimum absolute atomic E-state index is 0.199. The molecule has 1 amide bonds. The van der Waals surface area contributed by atoms with E-state index in [9.17, 15) is 9.59 Å². The Morgan fingerprint density at radius 2 is 2.11 bits per heavy atom. The smallest absolute Gasteiger partial charge is 0.410 e. The highest BCUT2D eigenvalue weighted by atomic mass is 16.6. The first-order valence-electron chi connectivity index (χ1n) is 9.49. The highest BCUT2D eigenvalue weighted by molar-refractivity contribution is 5.73. The average Bonchev–Trinajstić information content (AvgIpc) is 3.08. The second kappa shape index (κ2) is 9.07. The van der Waals surface area contributed by atoms with Gasteiger partial charge < -0.3 is 14.4 Å². The van der Waals surface area contributed by atoms with Crippen molar-refractivity contribution in [2.45, 2.75) is 45.6 Å². The molecule has 148 valence electrons. The minimum Gasteiger partial charge on any atom is -0.469 e. The maximum Gasteiger partial charge on any atom is 0.410 e. The maximum absolute atomic E-state index is 12.3. The monoisotopic (exact) mass is 373 g/mol. The van der Waals surface area contributed by atoms with Gasteiger partial charge in [0.05, 0.1) is 13.0 Å². The van der Waals surface area contributed by atoms with Crippen LogP contribution in [0.1, 0.15) is 44.7 Å². The summed E-state index contributed by atoms with van der Waals surface area (Å²) in [6, 6.07) is 8.02. The van der Waals surface area contributed by atoms with Crippen LogP contribution in [-0.2, 0) is 20.7 Å². The molecule has 0 spiro atoms. The number of rotatable bonds is 6. The summed E-state index contributed by atoms with van der Waals surface area (Å²) in [6.07, 6.45) is 3.71. The number of carbonyl (C=O) groups is 2. The van der Waals surface area contributed by atoms with Crippen molar-refractivity contribution in [1.29, 1.82) is 0 Å². The summed E-state index contributed by atoms with van der Waals surface area (Å²) in [5.74, 6) is -0.155. The highest BCUT2D eigenvalue weighted by Crippen LogP contribution is 2.27. The predicted octanol–water partition coefficient (Wildman–Crippen LogP) is 4.31. The van der Waals surface area contributed by atoms with E-state index < -0.39 is 5.60 Å². The lowest BCUT2D eigenvalue weighted by Crippen LogP contribution is -2.35. The molecule has 0 N–H and O–H groups in total. The minimum atomic E-state index is -0.500. The number of nitrogens with zero attached hydrogens (tertiary/aromatic N) is 1. The number of ether oxygens (including phenoxy) is 2. The summed E-state index contributed by atoms with van der Waals surface area (Å²) < 4.78 is 10.5. The standard InChI is InChI=1S/C22H31NO4/c1-6-16-8-7-9-17(12-16)13-19(20(24)26-5)14-18-10-11-23(15-18)21(25)27-22(2,3)4/h6-9,12,18-19H,1,10-11,13-15H2,2-5H3/t18-,19?/m1/s1. The molecule has 0 aliphatic carbocycles. The lowest BCUT2D eigenvalue weighted by atomic mass is 9.88. The van der Waals surface area contributed by atoms with Gasteiger partial charge >= 0.3 is 12.1 Å². The fourth-order valence-electron chi connectivity index (χ4n) is 3.48. The van der Waals surface area contributed by atoms with E-state index in [4.69, 9.17) is 9.47 Å². The molecule has 2 atom stereocenters. The Morgan fingerprint density at radius 3 is 2.74 bits per heavy atom. The predicted molar refractivity (Wildman–Crippen MR) is 106 cm³/mol. The van der Waals surface area contributed by atoms with Crippen molar-refractivity contribution in [3.8, 4) is 0 Å². The molecule has 27 heavy (non-hydrogen) atoms. The largest absolute Gasteiger partial charge is 0.469 e. The Labute approximate surface area is 162 Å². The lowest BCUT2D eigenvalue weighted by Gasteiger charge is -2.25. The summed E-state index contributed by atoms with van der Waals surface area (Å²) in [4.78, 5) is 26.3. The van der Waals surface area contributed by atoms with Crippen molar-refractivity contribution in [2.75, 3.05) is 20.2 Å². The highest BCUT2D eigenvalue weighted by Gasteiger charge is 2.33. The Kier molecular flexibility index (Phi) is 7.05. The molecule has 1 saturated heterocycles. The van der Waals surface area contributed by atoms with Crippen LogP contribution in [0.3, 0.4) is 0 Å². The van der Waals surface area contributed by atoms with Crippen molar-refractivity contribution in [3.05, 3.63) is 42.0 Å². The second-order valence-corrected chi connectivity index (χ2v) is 8.19. The van der Waals surface area contributed by atoms with E-state index in [0.29, 0.717) is 25.9 Å². The molecule has 5 nitrogen and oxygen atoms in total. The molecule has 0 saturated carbocycles. The molecule has 1 aliphatic rings. The van der Waals surface area contributed by atoms with Crippen molar-refractivity contribution >= 4 is 18.1 Å². The number of hydrogen-bond acceptors (Lipinski definition) is 4. The van der Waals surface area contributed by atoms with E-state index in [-0.39, 0.29) is 23.9 Å². The first kappa shape index (κ1) is 21.0. The van der Waals surface area contributed by atoms with Gasteiger partial charge in [-0.05, 0) is 57.1 Å². The van der Waals surface area contributed by atoms with Gasteiger partial charge in [0.1, 0.15) is 5.60 Å². The Morgan fingerprint density at radius 1 is 1.37 bits per heavy atom. The topological polar surface area (TPSA) is 55.8 Å². The van der Waals surface area contributed by atoms with E-state index in [1.165, 1.54) is 7.11 Å². The summed E-state index contributed by atoms with van der Waals surface area (Å²) in [5.41, 5.74) is 1.62. The molecule has 1 aromatic carbocycles. The van der Waals surface area contributed by atoms with Crippen LogP contribution in [0, 0.1) is 11.8 Å². The molecule has 1 unspecified atom stereocenters. The SMILES string of the molecule is C=Cc1cccc(CC(C[C@H]2CCN(C(=O)OC(C)(C)C)C2)C(=O)OC)c1. The zero-order valence-corrected chi connectivity index (χ0v) is 16.9. The van der Waals surface area contributed by atoms with Gasteiger partial charge in [-0.25, -0.2) is 4.79 Å².